The Hall–Kier alpha value is -1.42. The second kappa shape index (κ2) is 6.35. The van der Waals surface area contributed by atoms with Crippen LogP contribution in [-0.2, 0) is 6.42 Å². The van der Waals surface area contributed by atoms with Crippen LogP contribution in [0.2, 0.25) is 0 Å². The molecule has 0 aliphatic rings. The topological polar surface area (TPSA) is 53.7 Å². The zero-order chi connectivity index (χ0) is 12.8. The maximum Gasteiger partial charge on any atom is 0.203 e. The van der Waals surface area contributed by atoms with Crippen molar-refractivity contribution in [2.24, 2.45) is 5.73 Å². The number of benzene rings is 1. The fourth-order valence-corrected chi connectivity index (χ4v) is 1.71. The minimum absolute atomic E-state index is 0.0994. The zero-order valence-corrected chi connectivity index (χ0v) is 10.9. The van der Waals surface area contributed by atoms with Crippen LogP contribution >= 0.6 is 0 Å². The van der Waals surface area contributed by atoms with Gasteiger partial charge in [-0.25, -0.2) is 0 Å². The van der Waals surface area contributed by atoms with Gasteiger partial charge in [0.1, 0.15) is 0 Å². The third-order valence-electron chi connectivity index (χ3n) is 2.37. The molecule has 4 heteroatoms. The van der Waals surface area contributed by atoms with Gasteiger partial charge >= 0.3 is 0 Å². The van der Waals surface area contributed by atoms with Gasteiger partial charge in [0.05, 0.1) is 20.8 Å². The van der Waals surface area contributed by atoms with Gasteiger partial charge in [0.2, 0.25) is 5.75 Å². The van der Waals surface area contributed by atoms with Crippen LogP contribution in [0, 0.1) is 0 Å². The van der Waals surface area contributed by atoms with Crippen LogP contribution in [-0.4, -0.2) is 26.9 Å². The number of methoxy groups -OCH3 is 2. The van der Waals surface area contributed by atoms with Crippen LogP contribution in [0.4, 0.5) is 0 Å². The first-order valence-electron chi connectivity index (χ1n) is 5.75. The molecule has 1 aromatic rings. The molecule has 0 amide bonds. The summed E-state index contributed by atoms with van der Waals surface area (Å²) in [5.41, 5.74) is 6.87. The molecule has 1 rings (SSSR count). The van der Waals surface area contributed by atoms with E-state index in [1.165, 1.54) is 0 Å². The van der Waals surface area contributed by atoms with Crippen molar-refractivity contribution in [3.05, 3.63) is 17.7 Å². The molecule has 0 saturated carbocycles. The number of hydrogen-bond donors (Lipinski definition) is 1. The van der Waals surface area contributed by atoms with E-state index in [1.54, 1.807) is 14.2 Å². The van der Waals surface area contributed by atoms with Crippen molar-refractivity contribution < 1.29 is 14.2 Å². The summed E-state index contributed by atoms with van der Waals surface area (Å²) in [6.07, 6.45) is 0.777. The first-order chi connectivity index (χ1) is 8.12. The summed E-state index contributed by atoms with van der Waals surface area (Å²) in [7, 11) is 3.24. The Kier molecular flexibility index (Phi) is 5.10. The third kappa shape index (κ3) is 3.53. The maximum absolute atomic E-state index is 5.79. The normalized spacial score (nSPS) is 12.1. The quantitative estimate of drug-likeness (QED) is 0.825. The zero-order valence-electron chi connectivity index (χ0n) is 10.9. The fraction of sp³-hybridized carbons (Fsp3) is 0.538. The maximum atomic E-state index is 5.79. The lowest BCUT2D eigenvalue weighted by atomic mass is 10.1. The first-order valence-corrected chi connectivity index (χ1v) is 5.75. The molecule has 0 aliphatic carbocycles. The van der Waals surface area contributed by atoms with Crippen LogP contribution < -0.4 is 19.9 Å². The second-order valence-electron chi connectivity index (χ2n) is 3.94. The van der Waals surface area contributed by atoms with Crippen LogP contribution in [0.5, 0.6) is 17.2 Å². The van der Waals surface area contributed by atoms with Gasteiger partial charge < -0.3 is 19.9 Å². The highest BCUT2D eigenvalue weighted by molar-refractivity contribution is 5.54. The number of ether oxygens (including phenoxy) is 3. The summed E-state index contributed by atoms with van der Waals surface area (Å²) in [5, 5.41) is 0. The molecule has 2 N–H and O–H groups in total. The molecule has 0 heterocycles. The molecule has 1 atom stereocenters. The van der Waals surface area contributed by atoms with Gasteiger partial charge in [-0.05, 0) is 38.0 Å². The van der Waals surface area contributed by atoms with Crippen molar-refractivity contribution >= 4 is 0 Å². The average molecular weight is 239 g/mol. The summed E-state index contributed by atoms with van der Waals surface area (Å²) >= 11 is 0. The van der Waals surface area contributed by atoms with E-state index in [0.29, 0.717) is 23.9 Å². The van der Waals surface area contributed by atoms with Crippen LogP contribution in [0.25, 0.3) is 0 Å². The lowest BCUT2D eigenvalue weighted by Crippen LogP contribution is -2.17. The van der Waals surface area contributed by atoms with Crippen molar-refractivity contribution in [1.82, 2.24) is 0 Å². The van der Waals surface area contributed by atoms with Gasteiger partial charge in [0.25, 0.3) is 0 Å². The largest absolute Gasteiger partial charge is 0.493 e. The van der Waals surface area contributed by atoms with Crippen LogP contribution in [0.3, 0.4) is 0 Å². The van der Waals surface area contributed by atoms with Gasteiger partial charge in [-0.2, -0.15) is 0 Å². The molecular formula is C13H21NO3. The van der Waals surface area contributed by atoms with Crippen molar-refractivity contribution in [2.75, 3.05) is 20.8 Å². The standard InChI is InChI=1S/C13H21NO3/c1-5-17-13-11(15-3)7-10(6-9(2)14)8-12(13)16-4/h7-9H,5-6,14H2,1-4H3/t9-/m1/s1. The van der Waals surface area contributed by atoms with Crippen molar-refractivity contribution in [1.29, 1.82) is 0 Å². The first kappa shape index (κ1) is 13.6. The molecular weight excluding hydrogens is 218 g/mol. The number of rotatable bonds is 6. The molecule has 0 unspecified atom stereocenters. The van der Waals surface area contributed by atoms with E-state index in [4.69, 9.17) is 19.9 Å². The molecule has 0 bridgehead atoms. The van der Waals surface area contributed by atoms with E-state index in [1.807, 2.05) is 26.0 Å². The molecule has 96 valence electrons. The molecule has 0 aliphatic heterocycles. The highest BCUT2D eigenvalue weighted by atomic mass is 16.5. The van der Waals surface area contributed by atoms with Gasteiger partial charge in [-0.1, -0.05) is 0 Å². The van der Waals surface area contributed by atoms with E-state index in [-0.39, 0.29) is 6.04 Å². The van der Waals surface area contributed by atoms with Gasteiger partial charge in [0.15, 0.2) is 11.5 Å². The van der Waals surface area contributed by atoms with E-state index in [2.05, 4.69) is 0 Å². The highest BCUT2D eigenvalue weighted by Crippen LogP contribution is 2.38. The SMILES string of the molecule is CCOc1c(OC)cc(C[C@@H](C)N)cc1OC. The van der Waals surface area contributed by atoms with Gasteiger partial charge in [0, 0.05) is 6.04 Å². The van der Waals surface area contributed by atoms with Crippen LogP contribution in [0.15, 0.2) is 12.1 Å². The predicted octanol–water partition coefficient (Wildman–Crippen LogP) is 1.99. The molecule has 0 aromatic heterocycles. The van der Waals surface area contributed by atoms with E-state index >= 15 is 0 Å². The van der Waals surface area contributed by atoms with Crippen LogP contribution in [0.1, 0.15) is 19.4 Å². The molecule has 0 fully saturated rings. The lowest BCUT2D eigenvalue weighted by Gasteiger charge is -2.16. The second-order valence-corrected chi connectivity index (χ2v) is 3.94. The summed E-state index contributed by atoms with van der Waals surface area (Å²) in [6, 6.07) is 3.98. The number of hydrogen-bond acceptors (Lipinski definition) is 4. The van der Waals surface area contributed by atoms with Gasteiger partial charge in [-0.3, -0.25) is 0 Å². The minimum Gasteiger partial charge on any atom is -0.493 e. The van der Waals surface area contributed by atoms with E-state index < -0.39 is 0 Å². The lowest BCUT2D eigenvalue weighted by molar-refractivity contribution is 0.288. The summed E-state index contributed by atoms with van der Waals surface area (Å²) in [4.78, 5) is 0. The monoisotopic (exact) mass is 239 g/mol. The van der Waals surface area contributed by atoms with Crippen molar-refractivity contribution in [2.45, 2.75) is 26.3 Å². The molecule has 17 heavy (non-hydrogen) atoms. The Balaban J connectivity index is 3.13. The Labute approximate surface area is 103 Å². The molecule has 0 saturated heterocycles. The van der Waals surface area contributed by atoms with E-state index in [9.17, 15) is 0 Å². The smallest absolute Gasteiger partial charge is 0.203 e. The Morgan fingerprint density at radius 2 is 1.71 bits per heavy atom. The predicted molar refractivity (Wildman–Crippen MR) is 68.1 cm³/mol. The summed E-state index contributed by atoms with van der Waals surface area (Å²) in [5.74, 6) is 2.01. The molecule has 0 spiro atoms. The Morgan fingerprint density at radius 3 is 2.06 bits per heavy atom. The van der Waals surface area contributed by atoms with Crippen molar-refractivity contribution in [3.63, 3.8) is 0 Å². The molecule has 4 nitrogen and oxygen atoms in total. The summed E-state index contributed by atoms with van der Waals surface area (Å²) < 4.78 is 16.2. The molecule has 1 aromatic carbocycles. The van der Waals surface area contributed by atoms with E-state index in [0.717, 1.165) is 12.0 Å². The minimum atomic E-state index is 0.0994. The Morgan fingerprint density at radius 1 is 1.18 bits per heavy atom. The Bertz CT molecular complexity index is 339. The van der Waals surface area contributed by atoms with Gasteiger partial charge in [-0.15, -0.1) is 0 Å². The number of nitrogens with two attached hydrogens (primary N) is 1. The summed E-state index contributed by atoms with van der Waals surface area (Å²) in [6.45, 7) is 4.46. The van der Waals surface area contributed by atoms with Crippen molar-refractivity contribution in [3.8, 4) is 17.2 Å². The fourth-order valence-electron chi connectivity index (χ4n) is 1.71. The third-order valence-corrected chi connectivity index (χ3v) is 2.37. The highest BCUT2D eigenvalue weighted by Gasteiger charge is 2.14. The molecule has 0 radical (unpaired) electrons. The average Bonchev–Trinajstić information content (AvgIpc) is 2.30.